The van der Waals surface area contributed by atoms with Crippen molar-refractivity contribution < 1.29 is 4.79 Å². The molecule has 0 atom stereocenters. The molecule has 1 aromatic carbocycles. The lowest BCUT2D eigenvalue weighted by atomic mass is 10.2. The molecule has 0 bridgehead atoms. The zero-order valence-electron chi connectivity index (χ0n) is 11.5. The zero-order valence-corrected chi connectivity index (χ0v) is 11.5. The predicted molar refractivity (Wildman–Crippen MR) is 77.3 cm³/mol. The maximum Gasteiger partial charge on any atom is 0.272 e. The molecule has 0 radical (unpaired) electrons. The molecule has 1 fully saturated rings. The Bertz CT molecular complexity index is 570. The van der Waals surface area contributed by atoms with Crippen LogP contribution in [0.1, 0.15) is 47.8 Å². The SMILES string of the molecule is O=C(NCc1ccccc1)c1ccn(C2CCCC2)n1. The number of rotatable bonds is 4. The molecule has 0 spiro atoms. The molecule has 4 nitrogen and oxygen atoms in total. The lowest BCUT2D eigenvalue weighted by Crippen LogP contribution is -2.23. The Morgan fingerprint density at radius 2 is 1.95 bits per heavy atom. The van der Waals surface area contributed by atoms with Crippen LogP contribution in [-0.4, -0.2) is 15.7 Å². The Kier molecular flexibility index (Phi) is 3.81. The van der Waals surface area contributed by atoms with Crippen LogP contribution in [0.4, 0.5) is 0 Å². The summed E-state index contributed by atoms with van der Waals surface area (Å²) in [6, 6.07) is 12.2. The molecule has 0 saturated heterocycles. The van der Waals surface area contributed by atoms with E-state index in [0.717, 1.165) is 5.56 Å². The van der Waals surface area contributed by atoms with Crippen molar-refractivity contribution in [2.24, 2.45) is 0 Å². The minimum absolute atomic E-state index is 0.106. The molecule has 1 heterocycles. The van der Waals surface area contributed by atoms with Crippen LogP contribution in [0.15, 0.2) is 42.6 Å². The summed E-state index contributed by atoms with van der Waals surface area (Å²) in [6.45, 7) is 0.538. The number of hydrogen-bond donors (Lipinski definition) is 1. The van der Waals surface area contributed by atoms with Crippen LogP contribution in [-0.2, 0) is 6.54 Å². The summed E-state index contributed by atoms with van der Waals surface area (Å²) >= 11 is 0. The van der Waals surface area contributed by atoms with E-state index >= 15 is 0 Å². The fourth-order valence-corrected chi connectivity index (χ4v) is 2.70. The molecule has 1 aliphatic rings. The van der Waals surface area contributed by atoms with Crippen molar-refractivity contribution in [1.29, 1.82) is 0 Å². The van der Waals surface area contributed by atoms with Crippen LogP contribution < -0.4 is 5.32 Å². The van der Waals surface area contributed by atoms with Crippen molar-refractivity contribution in [3.8, 4) is 0 Å². The van der Waals surface area contributed by atoms with Gasteiger partial charge in [-0.3, -0.25) is 9.48 Å². The van der Waals surface area contributed by atoms with Gasteiger partial charge in [0.05, 0.1) is 6.04 Å². The smallest absolute Gasteiger partial charge is 0.272 e. The minimum Gasteiger partial charge on any atom is -0.347 e. The van der Waals surface area contributed by atoms with Gasteiger partial charge in [0.1, 0.15) is 5.69 Å². The second kappa shape index (κ2) is 5.90. The lowest BCUT2D eigenvalue weighted by Gasteiger charge is -2.08. The zero-order chi connectivity index (χ0) is 13.8. The first kappa shape index (κ1) is 12.9. The number of hydrogen-bond acceptors (Lipinski definition) is 2. The van der Waals surface area contributed by atoms with Crippen LogP contribution in [0.2, 0.25) is 0 Å². The van der Waals surface area contributed by atoms with Gasteiger partial charge in [-0.05, 0) is 24.5 Å². The average Bonchev–Trinajstić information content (AvgIpc) is 3.16. The number of carbonyl (C=O) groups is 1. The maximum atomic E-state index is 12.1. The predicted octanol–water partition coefficient (Wildman–Crippen LogP) is 2.93. The summed E-state index contributed by atoms with van der Waals surface area (Å²) in [5, 5.41) is 7.31. The molecular formula is C16H19N3O. The second-order valence-corrected chi connectivity index (χ2v) is 5.29. The third kappa shape index (κ3) is 2.90. The summed E-state index contributed by atoms with van der Waals surface area (Å²) < 4.78 is 1.95. The molecule has 1 aliphatic carbocycles. The van der Waals surface area contributed by atoms with E-state index < -0.39 is 0 Å². The highest BCUT2D eigenvalue weighted by atomic mass is 16.1. The van der Waals surface area contributed by atoms with Gasteiger partial charge < -0.3 is 5.32 Å². The van der Waals surface area contributed by atoms with Crippen molar-refractivity contribution in [2.45, 2.75) is 38.3 Å². The first-order valence-corrected chi connectivity index (χ1v) is 7.20. The van der Waals surface area contributed by atoms with E-state index in [0.29, 0.717) is 18.3 Å². The van der Waals surface area contributed by atoms with E-state index in [9.17, 15) is 4.79 Å². The molecule has 20 heavy (non-hydrogen) atoms. The topological polar surface area (TPSA) is 46.9 Å². The molecule has 4 heteroatoms. The first-order chi connectivity index (χ1) is 9.83. The third-order valence-corrected chi connectivity index (χ3v) is 3.84. The molecular weight excluding hydrogens is 250 g/mol. The van der Waals surface area contributed by atoms with Gasteiger partial charge in [-0.2, -0.15) is 5.10 Å². The Balaban J connectivity index is 1.59. The molecule has 104 valence electrons. The van der Waals surface area contributed by atoms with Crippen LogP contribution in [0.5, 0.6) is 0 Å². The van der Waals surface area contributed by atoms with Crippen LogP contribution in [0, 0.1) is 0 Å². The van der Waals surface area contributed by atoms with Crippen LogP contribution in [0.3, 0.4) is 0 Å². The lowest BCUT2D eigenvalue weighted by molar-refractivity contribution is 0.0944. The van der Waals surface area contributed by atoms with Gasteiger partial charge in [0, 0.05) is 12.7 Å². The van der Waals surface area contributed by atoms with Gasteiger partial charge in [-0.1, -0.05) is 43.2 Å². The van der Waals surface area contributed by atoms with Gasteiger partial charge in [-0.15, -0.1) is 0 Å². The Hall–Kier alpha value is -2.10. The van der Waals surface area contributed by atoms with Crippen molar-refractivity contribution in [2.75, 3.05) is 0 Å². The molecule has 1 saturated carbocycles. The number of nitrogens with one attached hydrogen (secondary N) is 1. The summed E-state index contributed by atoms with van der Waals surface area (Å²) in [6.07, 6.45) is 6.80. The monoisotopic (exact) mass is 269 g/mol. The van der Waals surface area contributed by atoms with Crippen molar-refractivity contribution in [3.05, 3.63) is 53.9 Å². The van der Waals surface area contributed by atoms with Gasteiger partial charge in [0.15, 0.2) is 0 Å². The Morgan fingerprint density at radius 1 is 1.20 bits per heavy atom. The van der Waals surface area contributed by atoms with Crippen LogP contribution >= 0.6 is 0 Å². The number of nitrogens with zero attached hydrogens (tertiary/aromatic N) is 2. The largest absolute Gasteiger partial charge is 0.347 e. The second-order valence-electron chi connectivity index (χ2n) is 5.29. The Labute approximate surface area is 118 Å². The van der Waals surface area contributed by atoms with Gasteiger partial charge >= 0.3 is 0 Å². The number of benzene rings is 1. The van der Waals surface area contributed by atoms with E-state index in [1.165, 1.54) is 25.7 Å². The van der Waals surface area contributed by atoms with Gasteiger partial charge in [0.2, 0.25) is 0 Å². The highest BCUT2D eigenvalue weighted by molar-refractivity contribution is 5.92. The summed E-state index contributed by atoms with van der Waals surface area (Å²) in [5.74, 6) is -0.106. The van der Waals surface area contributed by atoms with Crippen molar-refractivity contribution in [1.82, 2.24) is 15.1 Å². The molecule has 1 aromatic heterocycles. The van der Waals surface area contributed by atoms with Gasteiger partial charge in [0.25, 0.3) is 5.91 Å². The first-order valence-electron chi connectivity index (χ1n) is 7.20. The quantitative estimate of drug-likeness (QED) is 0.927. The van der Waals surface area contributed by atoms with Crippen LogP contribution in [0.25, 0.3) is 0 Å². The fourth-order valence-electron chi connectivity index (χ4n) is 2.70. The normalized spacial score (nSPS) is 15.4. The molecule has 1 amide bonds. The van der Waals surface area contributed by atoms with E-state index in [1.807, 2.05) is 41.2 Å². The third-order valence-electron chi connectivity index (χ3n) is 3.84. The molecule has 0 aliphatic heterocycles. The number of amides is 1. The number of carbonyl (C=O) groups excluding carboxylic acids is 1. The van der Waals surface area contributed by atoms with Gasteiger partial charge in [-0.25, -0.2) is 0 Å². The fraction of sp³-hybridized carbons (Fsp3) is 0.375. The molecule has 3 rings (SSSR count). The highest BCUT2D eigenvalue weighted by Gasteiger charge is 2.18. The Morgan fingerprint density at radius 3 is 2.70 bits per heavy atom. The molecule has 2 aromatic rings. The highest BCUT2D eigenvalue weighted by Crippen LogP contribution is 2.28. The molecule has 1 N–H and O–H groups in total. The minimum atomic E-state index is -0.106. The summed E-state index contributed by atoms with van der Waals surface area (Å²) in [5.41, 5.74) is 1.60. The van der Waals surface area contributed by atoms with E-state index in [2.05, 4.69) is 10.4 Å². The standard InChI is InChI=1S/C16H19N3O/c20-16(17-12-13-6-2-1-3-7-13)15-10-11-19(18-15)14-8-4-5-9-14/h1-3,6-7,10-11,14H,4-5,8-9,12H2,(H,17,20). The molecule has 0 unspecified atom stereocenters. The van der Waals surface area contributed by atoms with Crippen molar-refractivity contribution >= 4 is 5.91 Å². The summed E-state index contributed by atoms with van der Waals surface area (Å²) in [4.78, 5) is 12.1. The van der Waals surface area contributed by atoms with E-state index in [1.54, 1.807) is 6.07 Å². The summed E-state index contributed by atoms with van der Waals surface area (Å²) in [7, 11) is 0. The number of aromatic nitrogens is 2. The van der Waals surface area contributed by atoms with E-state index in [4.69, 9.17) is 0 Å². The van der Waals surface area contributed by atoms with E-state index in [-0.39, 0.29) is 5.91 Å². The average molecular weight is 269 g/mol. The maximum absolute atomic E-state index is 12.1. The van der Waals surface area contributed by atoms with Crippen molar-refractivity contribution in [3.63, 3.8) is 0 Å².